The lowest BCUT2D eigenvalue weighted by molar-refractivity contribution is -0.257. The molecule has 1 unspecified atom stereocenters. The Labute approximate surface area is 156 Å². The lowest BCUT2D eigenvalue weighted by atomic mass is 9.78. The minimum absolute atomic E-state index is 0.108. The first-order valence-corrected chi connectivity index (χ1v) is 9.54. The molecule has 0 fully saturated rings. The zero-order valence-electron chi connectivity index (χ0n) is 14.9. The first kappa shape index (κ1) is 16.9. The van der Waals surface area contributed by atoms with Gasteiger partial charge in [-0.3, -0.25) is 9.79 Å². The predicted molar refractivity (Wildman–Crippen MR) is 100 cm³/mol. The molecule has 27 heavy (non-hydrogen) atoms. The number of fused-ring (bicyclic) bond motifs is 3. The number of aliphatic hydroxyl groups is 3. The molecule has 1 aliphatic carbocycles. The van der Waals surface area contributed by atoms with Gasteiger partial charge in [0.05, 0.1) is 5.52 Å². The minimum atomic E-state index is -2.94. The molecule has 3 N–H and O–H groups in total. The van der Waals surface area contributed by atoms with Gasteiger partial charge in [-0.1, -0.05) is 24.3 Å². The van der Waals surface area contributed by atoms with Crippen LogP contribution in [0, 0.1) is 11.8 Å². The van der Waals surface area contributed by atoms with Crippen LogP contribution in [0.15, 0.2) is 35.5 Å². The van der Waals surface area contributed by atoms with Gasteiger partial charge in [0.25, 0.3) is 0 Å². The number of aromatic nitrogens is 1. The summed E-state index contributed by atoms with van der Waals surface area (Å²) in [7, 11) is 0. The van der Waals surface area contributed by atoms with Gasteiger partial charge in [0.15, 0.2) is 5.78 Å². The van der Waals surface area contributed by atoms with E-state index in [2.05, 4.69) is 15.6 Å². The van der Waals surface area contributed by atoms with Crippen molar-refractivity contribution in [2.75, 3.05) is 0 Å². The Hall–Kier alpha value is -2.28. The standard InChI is InChI=1S/C21H22N2O4/c24-19-13(11-14-8-9-22-20(14)21(25,26)27)6-7-16-17(19)15-5-1-3-12-4-2-10-23(16)18(12)15/h1,3,5,8-9,13-14,25-27H,2,4,6-7,10-11H2/t13-,14?/m1/s1. The van der Waals surface area contributed by atoms with Gasteiger partial charge in [0, 0.05) is 41.2 Å². The van der Waals surface area contributed by atoms with Crippen LogP contribution in [0.3, 0.4) is 0 Å². The summed E-state index contributed by atoms with van der Waals surface area (Å²) in [5.41, 5.74) is 4.41. The van der Waals surface area contributed by atoms with E-state index in [9.17, 15) is 20.1 Å². The highest BCUT2D eigenvalue weighted by Gasteiger charge is 2.40. The average Bonchev–Trinajstić information content (AvgIpc) is 3.23. The Morgan fingerprint density at radius 2 is 2.07 bits per heavy atom. The Balaban J connectivity index is 1.51. The van der Waals surface area contributed by atoms with E-state index in [4.69, 9.17) is 0 Å². The largest absolute Gasteiger partial charge is 0.344 e. The molecular formula is C21H22N2O4. The van der Waals surface area contributed by atoms with Crippen LogP contribution in [0.25, 0.3) is 10.9 Å². The number of aryl methyl sites for hydroxylation is 2. The number of hydrogen-bond acceptors (Lipinski definition) is 5. The fourth-order valence-corrected chi connectivity index (χ4v) is 5.07. The number of benzene rings is 1. The van der Waals surface area contributed by atoms with Gasteiger partial charge in [-0.05, 0) is 37.7 Å². The maximum Gasteiger partial charge on any atom is 0.318 e. The third-order valence-corrected chi connectivity index (χ3v) is 6.21. The van der Waals surface area contributed by atoms with Crippen molar-refractivity contribution in [1.82, 2.24) is 4.57 Å². The lowest BCUT2D eigenvalue weighted by Gasteiger charge is -2.27. The van der Waals surface area contributed by atoms with E-state index < -0.39 is 11.9 Å². The van der Waals surface area contributed by atoms with Crippen molar-refractivity contribution in [1.29, 1.82) is 0 Å². The second kappa shape index (κ2) is 5.86. The molecule has 0 saturated heterocycles. The summed E-state index contributed by atoms with van der Waals surface area (Å²) >= 11 is 0. The third-order valence-electron chi connectivity index (χ3n) is 6.21. The number of ketones is 1. The topological polar surface area (TPSA) is 95.1 Å². The average molecular weight is 366 g/mol. The Kier molecular flexibility index (Phi) is 3.66. The van der Waals surface area contributed by atoms with Crippen LogP contribution in [0.5, 0.6) is 0 Å². The van der Waals surface area contributed by atoms with Gasteiger partial charge in [-0.25, -0.2) is 0 Å². The number of hydrogen-bond donors (Lipinski definition) is 3. The molecule has 6 heteroatoms. The number of nitrogens with zero attached hydrogens (tertiary/aromatic N) is 2. The van der Waals surface area contributed by atoms with E-state index in [0.717, 1.165) is 48.9 Å². The van der Waals surface area contributed by atoms with Crippen molar-refractivity contribution in [2.24, 2.45) is 16.8 Å². The summed E-state index contributed by atoms with van der Waals surface area (Å²) in [6, 6.07) is 6.23. The SMILES string of the molecule is O=C1c2c(n3c4c(cccc24)CCC3)CC[C@@H]1CC1C=CN=C1C(O)(O)O. The molecule has 1 aromatic carbocycles. The van der Waals surface area contributed by atoms with E-state index in [1.807, 2.05) is 12.1 Å². The Bertz CT molecular complexity index is 1010. The van der Waals surface area contributed by atoms with Crippen molar-refractivity contribution >= 4 is 22.4 Å². The van der Waals surface area contributed by atoms with E-state index >= 15 is 0 Å². The predicted octanol–water partition coefficient (Wildman–Crippen LogP) is 1.94. The quantitative estimate of drug-likeness (QED) is 0.724. The first-order chi connectivity index (χ1) is 12.9. The molecule has 2 aliphatic heterocycles. The third kappa shape index (κ3) is 2.51. The number of allylic oxidation sites excluding steroid dienone is 1. The molecule has 6 nitrogen and oxygen atoms in total. The Morgan fingerprint density at radius 1 is 1.22 bits per heavy atom. The second-order valence-electron chi connectivity index (χ2n) is 7.82. The van der Waals surface area contributed by atoms with Gasteiger partial charge < -0.3 is 19.9 Å². The Morgan fingerprint density at radius 3 is 2.89 bits per heavy atom. The van der Waals surface area contributed by atoms with Crippen molar-refractivity contribution in [3.63, 3.8) is 0 Å². The molecule has 5 rings (SSSR count). The molecule has 2 atom stereocenters. The molecule has 0 amide bonds. The number of para-hydroxylation sites is 1. The highest BCUT2D eigenvalue weighted by Crippen LogP contribution is 2.40. The normalized spacial score (nSPS) is 24.4. The van der Waals surface area contributed by atoms with E-state index in [1.165, 1.54) is 17.3 Å². The van der Waals surface area contributed by atoms with Crippen LogP contribution in [-0.4, -0.2) is 37.4 Å². The zero-order valence-corrected chi connectivity index (χ0v) is 14.9. The molecule has 0 saturated carbocycles. The number of Topliss-reactive ketones (excluding diaryl/α,β-unsaturated/α-hetero) is 1. The van der Waals surface area contributed by atoms with Crippen LogP contribution >= 0.6 is 0 Å². The van der Waals surface area contributed by atoms with Crippen LogP contribution < -0.4 is 0 Å². The van der Waals surface area contributed by atoms with Gasteiger partial charge >= 0.3 is 5.97 Å². The van der Waals surface area contributed by atoms with Crippen molar-refractivity contribution in [3.8, 4) is 0 Å². The molecule has 2 aromatic rings. The molecule has 0 radical (unpaired) electrons. The van der Waals surface area contributed by atoms with E-state index in [1.54, 1.807) is 6.08 Å². The molecule has 0 bridgehead atoms. The smallest absolute Gasteiger partial charge is 0.318 e. The maximum absolute atomic E-state index is 13.4. The highest BCUT2D eigenvalue weighted by atomic mass is 16.7. The number of carbonyl (C=O) groups is 1. The van der Waals surface area contributed by atoms with Gasteiger partial charge in [0.1, 0.15) is 5.71 Å². The molecular weight excluding hydrogens is 344 g/mol. The summed E-state index contributed by atoms with van der Waals surface area (Å²) in [4.78, 5) is 17.3. The van der Waals surface area contributed by atoms with Crippen molar-refractivity contribution in [2.45, 2.75) is 44.6 Å². The molecule has 1 aromatic heterocycles. The summed E-state index contributed by atoms with van der Waals surface area (Å²) in [5, 5.41) is 29.6. The van der Waals surface area contributed by atoms with Crippen molar-refractivity contribution < 1.29 is 20.1 Å². The number of rotatable bonds is 3. The maximum atomic E-state index is 13.4. The first-order valence-electron chi connectivity index (χ1n) is 9.54. The zero-order chi connectivity index (χ0) is 18.8. The number of aliphatic imine (C=N–C) groups is 1. The fraction of sp³-hybridized carbons (Fsp3) is 0.429. The van der Waals surface area contributed by atoms with Crippen LogP contribution in [0.4, 0.5) is 0 Å². The summed E-state index contributed by atoms with van der Waals surface area (Å²) < 4.78 is 2.33. The highest BCUT2D eigenvalue weighted by molar-refractivity contribution is 6.12. The molecule has 140 valence electrons. The number of carbonyl (C=O) groups excluding carboxylic acids is 1. The van der Waals surface area contributed by atoms with Crippen LogP contribution in [0.1, 0.15) is 40.9 Å². The van der Waals surface area contributed by atoms with Gasteiger partial charge in [-0.2, -0.15) is 0 Å². The molecule has 0 spiro atoms. The molecule has 3 heterocycles. The summed E-state index contributed by atoms with van der Waals surface area (Å²) in [5.74, 6) is -3.49. The lowest BCUT2D eigenvalue weighted by Crippen LogP contribution is -2.42. The van der Waals surface area contributed by atoms with Crippen LogP contribution in [-0.2, 0) is 19.4 Å². The van der Waals surface area contributed by atoms with Crippen molar-refractivity contribution in [3.05, 3.63) is 47.3 Å². The van der Waals surface area contributed by atoms with E-state index in [-0.39, 0.29) is 17.4 Å². The van der Waals surface area contributed by atoms with Crippen LogP contribution in [0.2, 0.25) is 0 Å². The minimum Gasteiger partial charge on any atom is -0.344 e. The fourth-order valence-electron chi connectivity index (χ4n) is 5.07. The summed E-state index contributed by atoms with van der Waals surface area (Å²) in [6.45, 7) is 0.963. The van der Waals surface area contributed by atoms with Gasteiger partial charge in [0.2, 0.25) is 0 Å². The van der Waals surface area contributed by atoms with E-state index in [0.29, 0.717) is 6.42 Å². The second-order valence-corrected chi connectivity index (χ2v) is 7.82. The monoisotopic (exact) mass is 366 g/mol. The summed E-state index contributed by atoms with van der Waals surface area (Å²) in [6.07, 6.45) is 7.31. The molecule has 3 aliphatic rings. The van der Waals surface area contributed by atoms with Gasteiger partial charge in [-0.15, -0.1) is 0 Å².